The number of rotatable bonds is 8. The smallest absolute Gasteiger partial charge is 0.260 e. The van der Waals surface area contributed by atoms with Gasteiger partial charge in [-0.2, -0.15) is 0 Å². The van der Waals surface area contributed by atoms with E-state index >= 15 is 0 Å². The summed E-state index contributed by atoms with van der Waals surface area (Å²) in [5.41, 5.74) is 2.85. The molecule has 0 aliphatic heterocycles. The minimum absolute atomic E-state index is 0.0503. The molecule has 2 aromatic carbocycles. The van der Waals surface area contributed by atoms with Gasteiger partial charge in [0.15, 0.2) is 18.1 Å². The molecule has 0 saturated heterocycles. The zero-order chi connectivity index (χ0) is 19.8. The van der Waals surface area contributed by atoms with Crippen LogP contribution in [0.4, 0.5) is 5.69 Å². The van der Waals surface area contributed by atoms with Crippen LogP contribution in [0.3, 0.4) is 0 Å². The van der Waals surface area contributed by atoms with Gasteiger partial charge in [0.05, 0.1) is 13.7 Å². The van der Waals surface area contributed by atoms with Crippen molar-refractivity contribution in [3.63, 3.8) is 0 Å². The van der Waals surface area contributed by atoms with Gasteiger partial charge in [-0.1, -0.05) is 31.2 Å². The van der Waals surface area contributed by atoms with Gasteiger partial charge in [0.1, 0.15) is 0 Å². The molecule has 0 saturated carbocycles. The summed E-state index contributed by atoms with van der Waals surface area (Å²) in [6.07, 6.45) is 0.817. The molecule has 2 aromatic rings. The highest BCUT2D eigenvalue weighted by Gasteiger charge is 2.15. The molecule has 0 aliphatic rings. The van der Waals surface area contributed by atoms with E-state index in [1.807, 2.05) is 50.2 Å². The molecule has 0 fully saturated rings. The Labute approximate surface area is 160 Å². The minimum Gasteiger partial charge on any atom is -0.493 e. The van der Waals surface area contributed by atoms with Crippen LogP contribution in [-0.4, -0.2) is 44.0 Å². The summed E-state index contributed by atoms with van der Waals surface area (Å²) < 4.78 is 10.8. The van der Waals surface area contributed by atoms with Crippen LogP contribution in [0.5, 0.6) is 11.5 Å². The highest BCUT2D eigenvalue weighted by atomic mass is 16.5. The van der Waals surface area contributed by atoms with Crippen molar-refractivity contribution in [1.82, 2.24) is 4.90 Å². The molecule has 6 nitrogen and oxygen atoms in total. The predicted molar refractivity (Wildman–Crippen MR) is 105 cm³/mol. The van der Waals surface area contributed by atoms with Gasteiger partial charge in [-0.25, -0.2) is 0 Å². The third-order valence-electron chi connectivity index (χ3n) is 4.15. The summed E-state index contributed by atoms with van der Waals surface area (Å²) in [5, 5.41) is 2.85. The van der Waals surface area contributed by atoms with Gasteiger partial charge < -0.3 is 19.7 Å². The lowest BCUT2D eigenvalue weighted by molar-refractivity contribution is -0.135. The summed E-state index contributed by atoms with van der Waals surface area (Å²) in [4.78, 5) is 25.9. The Bertz CT molecular complexity index is 805. The Kier molecular flexibility index (Phi) is 7.23. The number of nitrogens with one attached hydrogen (secondary N) is 1. The molecule has 0 aliphatic carbocycles. The lowest BCUT2D eigenvalue weighted by Crippen LogP contribution is -2.37. The van der Waals surface area contributed by atoms with Gasteiger partial charge >= 0.3 is 0 Å². The Hall–Kier alpha value is -3.02. The summed E-state index contributed by atoms with van der Waals surface area (Å²) in [5.74, 6) is 0.516. The van der Waals surface area contributed by atoms with Crippen molar-refractivity contribution in [2.45, 2.75) is 20.3 Å². The zero-order valence-electron chi connectivity index (χ0n) is 16.2. The van der Waals surface area contributed by atoms with Crippen LogP contribution >= 0.6 is 0 Å². The van der Waals surface area contributed by atoms with E-state index in [1.54, 1.807) is 20.2 Å². The van der Waals surface area contributed by atoms with E-state index < -0.39 is 0 Å². The summed E-state index contributed by atoms with van der Waals surface area (Å²) in [7, 11) is 3.12. The van der Waals surface area contributed by atoms with Crippen molar-refractivity contribution in [2.75, 3.05) is 32.6 Å². The maximum Gasteiger partial charge on any atom is 0.260 e. The molecule has 27 heavy (non-hydrogen) atoms. The summed E-state index contributed by atoms with van der Waals surface area (Å²) in [6.45, 7) is 3.75. The standard InChI is InChI=1S/C21H26N2O4/c1-5-16-8-6-7-9-17(16)22-20(24)13-23(3)21(25)14-27-18-11-10-15(2)12-19(18)26-4/h6-12H,5,13-14H2,1-4H3,(H,22,24). The number of methoxy groups -OCH3 is 1. The van der Waals surface area contributed by atoms with Gasteiger partial charge in [-0.05, 0) is 42.7 Å². The van der Waals surface area contributed by atoms with E-state index in [1.165, 1.54) is 4.90 Å². The second-order valence-electron chi connectivity index (χ2n) is 6.25. The molecule has 0 spiro atoms. The Morgan fingerprint density at radius 1 is 1.11 bits per heavy atom. The van der Waals surface area contributed by atoms with E-state index in [0.717, 1.165) is 23.2 Å². The first-order valence-corrected chi connectivity index (χ1v) is 8.83. The van der Waals surface area contributed by atoms with Gasteiger partial charge in [-0.3, -0.25) is 9.59 Å². The number of carbonyl (C=O) groups is 2. The first-order chi connectivity index (χ1) is 12.9. The monoisotopic (exact) mass is 370 g/mol. The number of para-hydroxylation sites is 1. The maximum absolute atomic E-state index is 12.3. The predicted octanol–water partition coefficient (Wildman–Crippen LogP) is 3.04. The number of aryl methyl sites for hydroxylation is 2. The first-order valence-electron chi connectivity index (χ1n) is 8.83. The highest BCUT2D eigenvalue weighted by Crippen LogP contribution is 2.27. The zero-order valence-corrected chi connectivity index (χ0v) is 16.2. The van der Waals surface area contributed by atoms with Gasteiger partial charge in [0, 0.05) is 12.7 Å². The Morgan fingerprint density at radius 2 is 1.85 bits per heavy atom. The molecule has 2 amide bonds. The molecule has 2 rings (SSSR count). The van der Waals surface area contributed by atoms with Crippen LogP contribution in [0.1, 0.15) is 18.1 Å². The molecule has 0 unspecified atom stereocenters. The van der Waals surface area contributed by atoms with Crippen LogP contribution in [0, 0.1) is 6.92 Å². The summed E-state index contributed by atoms with van der Waals surface area (Å²) >= 11 is 0. The van der Waals surface area contributed by atoms with Crippen LogP contribution in [0.2, 0.25) is 0 Å². The number of hydrogen-bond acceptors (Lipinski definition) is 4. The van der Waals surface area contributed by atoms with Gasteiger partial charge in [0.25, 0.3) is 5.91 Å². The fraction of sp³-hybridized carbons (Fsp3) is 0.333. The second kappa shape index (κ2) is 9.62. The van der Waals surface area contributed by atoms with E-state index in [-0.39, 0.29) is 25.0 Å². The van der Waals surface area contributed by atoms with Crippen molar-refractivity contribution >= 4 is 17.5 Å². The van der Waals surface area contributed by atoms with E-state index in [9.17, 15) is 9.59 Å². The fourth-order valence-electron chi connectivity index (χ4n) is 2.59. The molecule has 0 radical (unpaired) electrons. The third-order valence-corrected chi connectivity index (χ3v) is 4.15. The van der Waals surface area contributed by atoms with Crippen LogP contribution in [0.15, 0.2) is 42.5 Å². The van der Waals surface area contributed by atoms with Crippen molar-refractivity contribution in [3.05, 3.63) is 53.6 Å². The number of carbonyl (C=O) groups excluding carboxylic acids is 2. The number of benzene rings is 2. The molecule has 0 aromatic heterocycles. The third kappa shape index (κ3) is 5.74. The average Bonchev–Trinajstić information content (AvgIpc) is 2.66. The largest absolute Gasteiger partial charge is 0.493 e. The SMILES string of the molecule is CCc1ccccc1NC(=O)CN(C)C(=O)COc1ccc(C)cc1OC. The Balaban J connectivity index is 1.89. The van der Waals surface area contributed by atoms with E-state index in [4.69, 9.17) is 9.47 Å². The van der Waals surface area contributed by atoms with Crippen LogP contribution in [-0.2, 0) is 16.0 Å². The van der Waals surface area contributed by atoms with Crippen molar-refractivity contribution in [1.29, 1.82) is 0 Å². The van der Waals surface area contributed by atoms with Gasteiger partial charge in [-0.15, -0.1) is 0 Å². The first kappa shape index (κ1) is 20.3. The van der Waals surface area contributed by atoms with Gasteiger partial charge in [0.2, 0.25) is 5.91 Å². The van der Waals surface area contributed by atoms with Crippen molar-refractivity contribution in [2.24, 2.45) is 0 Å². The van der Waals surface area contributed by atoms with Crippen LogP contribution < -0.4 is 14.8 Å². The van der Waals surface area contributed by atoms with Crippen molar-refractivity contribution < 1.29 is 19.1 Å². The molecule has 0 bridgehead atoms. The number of nitrogens with zero attached hydrogens (tertiary/aromatic N) is 1. The van der Waals surface area contributed by atoms with E-state index in [0.29, 0.717) is 11.5 Å². The quantitative estimate of drug-likeness (QED) is 0.776. The summed E-state index contributed by atoms with van der Waals surface area (Å²) in [6, 6.07) is 13.1. The van der Waals surface area contributed by atoms with Crippen molar-refractivity contribution in [3.8, 4) is 11.5 Å². The normalized spacial score (nSPS) is 10.2. The molecule has 6 heteroatoms. The van der Waals surface area contributed by atoms with Crippen LogP contribution in [0.25, 0.3) is 0 Å². The molecule has 0 atom stereocenters. The minimum atomic E-state index is -0.295. The number of likely N-dealkylation sites (N-methyl/N-ethyl adjacent to an activating group) is 1. The lowest BCUT2D eigenvalue weighted by atomic mass is 10.1. The highest BCUT2D eigenvalue weighted by molar-refractivity contribution is 5.95. The molecular weight excluding hydrogens is 344 g/mol. The average molecular weight is 370 g/mol. The lowest BCUT2D eigenvalue weighted by Gasteiger charge is -2.18. The molecular formula is C21H26N2O4. The Morgan fingerprint density at radius 3 is 2.56 bits per heavy atom. The topological polar surface area (TPSA) is 67.9 Å². The number of ether oxygens (including phenoxy) is 2. The fourth-order valence-corrected chi connectivity index (χ4v) is 2.59. The molecule has 1 N–H and O–H groups in total. The molecule has 0 heterocycles. The maximum atomic E-state index is 12.3. The number of hydrogen-bond donors (Lipinski definition) is 1. The molecule has 144 valence electrons. The number of anilines is 1. The number of amides is 2. The van der Waals surface area contributed by atoms with E-state index in [2.05, 4.69) is 5.32 Å². The second-order valence-corrected chi connectivity index (χ2v) is 6.25.